The van der Waals surface area contributed by atoms with Crippen LogP contribution >= 0.6 is 0 Å². The highest BCUT2D eigenvalue weighted by Crippen LogP contribution is 2.12. The number of rotatable bonds is 17. The number of hydrogen-bond donors (Lipinski definition) is 0. The van der Waals surface area contributed by atoms with E-state index in [9.17, 15) is 9.59 Å². The molecule has 29 heavy (non-hydrogen) atoms. The third kappa shape index (κ3) is 12.8. The maximum absolute atomic E-state index is 11.7. The maximum atomic E-state index is 11.7. The summed E-state index contributed by atoms with van der Waals surface area (Å²) in [6, 6.07) is 9.61. The predicted octanol–water partition coefficient (Wildman–Crippen LogP) is 0.905. The van der Waals surface area contributed by atoms with E-state index in [0.717, 1.165) is 5.69 Å². The fraction of sp³-hybridized carbons (Fsp3) is 0.600. The van der Waals surface area contributed by atoms with Gasteiger partial charge in [-0.2, -0.15) is 0 Å². The summed E-state index contributed by atoms with van der Waals surface area (Å²) in [7, 11) is 3.12. The van der Waals surface area contributed by atoms with E-state index in [0.29, 0.717) is 39.5 Å². The molecule has 9 nitrogen and oxygen atoms in total. The monoisotopic (exact) mass is 413 g/mol. The van der Waals surface area contributed by atoms with Crippen LogP contribution in [-0.4, -0.2) is 92.1 Å². The highest BCUT2D eigenvalue weighted by atomic mass is 16.6. The maximum Gasteiger partial charge on any atom is 0.332 e. The Bertz CT molecular complexity index is 525. The average Bonchev–Trinajstić information content (AvgIpc) is 2.74. The van der Waals surface area contributed by atoms with Crippen LogP contribution in [0, 0.1) is 0 Å². The van der Waals surface area contributed by atoms with Gasteiger partial charge in [0.1, 0.15) is 26.4 Å². The molecule has 0 saturated carbocycles. The van der Waals surface area contributed by atoms with E-state index >= 15 is 0 Å². The van der Waals surface area contributed by atoms with Gasteiger partial charge in [0.15, 0.2) is 0 Å². The van der Waals surface area contributed by atoms with Crippen LogP contribution in [0.5, 0.6) is 0 Å². The molecule has 0 fully saturated rings. The Hall–Kier alpha value is -2.20. The molecule has 0 atom stereocenters. The van der Waals surface area contributed by atoms with Crippen molar-refractivity contribution in [1.29, 1.82) is 0 Å². The van der Waals surface area contributed by atoms with E-state index in [-0.39, 0.29) is 26.4 Å². The lowest BCUT2D eigenvalue weighted by Crippen LogP contribution is -2.33. The summed E-state index contributed by atoms with van der Waals surface area (Å²) in [5, 5.41) is 0. The van der Waals surface area contributed by atoms with E-state index in [2.05, 4.69) is 0 Å². The first kappa shape index (κ1) is 24.8. The molecule has 0 spiro atoms. The molecule has 0 amide bonds. The van der Waals surface area contributed by atoms with Gasteiger partial charge in [-0.15, -0.1) is 0 Å². The number of hydrogen-bond acceptors (Lipinski definition) is 9. The molecule has 1 rings (SSSR count). The summed E-state index contributed by atoms with van der Waals surface area (Å²) in [5.74, 6) is -0.873. The second-order valence-corrected chi connectivity index (χ2v) is 5.85. The van der Waals surface area contributed by atoms with Gasteiger partial charge in [-0.3, -0.25) is 0 Å². The van der Waals surface area contributed by atoms with E-state index in [1.807, 2.05) is 35.2 Å². The van der Waals surface area contributed by atoms with E-state index in [1.54, 1.807) is 14.2 Å². The third-order valence-electron chi connectivity index (χ3n) is 3.67. The fourth-order valence-electron chi connectivity index (χ4n) is 2.23. The number of esters is 2. The molecular weight excluding hydrogens is 382 g/mol. The van der Waals surface area contributed by atoms with Crippen molar-refractivity contribution in [2.45, 2.75) is 0 Å². The van der Waals surface area contributed by atoms with Crippen LogP contribution in [-0.2, 0) is 38.0 Å². The van der Waals surface area contributed by atoms with Gasteiger partial charge in [-0.1, -0.05) is 18.2 Å². The van der Waals surface area contributed by atoms with Crippen molar-refractivity contribution >= 4 is 17.6 Å². The molecule has 0 aliphatic heterocycles. The molecule has 0 radical (unpaired) electrons. The van der Waals surface area contributed by atoms with Gasteiger partial charge in [-0.25, -0.2) is 9.59 Å². The lowest BCUT2D eigenvalue weighted by Gasteiger charge is -2.24. The zero-order valence-corrected chi connectivity index (χ0v) is 17.2. The van der Waals surface area contributed by atoms with Crippen molar-refractivity contribution in [3.63, 3.8) is 0 Å². The Morgan fingerprint density at radius 3 is 1.66 bits per heavy atom. The normalized spacial score (nSPS) is 10.6. The minimum Gasteiger partial charge on any atom is -0.462 e. The molecule has 1 aromatic carbocycles. The van der Waals surface area contributed by atoms with Gasteiger partial charge in [0.2, 0.25) is 0 Å². The van der Waals surface area contributed by atoms with Gasteiger partial charge < -0.3 is 33.3 Å². The number of methoxy groups -OCH3 is 2. The highest BCUT2D eigenvalue weighted by molar-refractivity contribution is 5.71. The number of para-hydroxylation sites is 1. The molecule has 0 aliphatic rings. The second-order valence-electron chi connectivity index (χ2n) is 5.85. The fourth-order valence-corrected chi connectivity index (χ4v) is 2.23. The summed E-state index contributed by atoms with van der Waals surface area (Å²) >= 11 is 0. The van der Waals surface area contributed by atoms with Gasteiger partial charge in [0, 0.05) is 19.9 Å². The van der Waals surface area contributed by atoms with E-state index in [4.69, 9.17) is 28.4 Å². The molecule has 0 N–H and O–H groups in total. The van der Waals surface area contributed by atoms with Crippen molar-refractivity contribution in [3.05, 3.63) is 30.3 Å². The quantitative estimate of drug-likeness (QED) is 0.273. The summed E-state index contributed by atoms with van der Waals surface area (Å²) in [5.41, 5.74) is 0.937. The lowest BCUT2D eigenvalue weighted by molar-refractivity contribution is -0.149. The van der Waals surface area contributed by atoms with Crippen LogP contribution in [0.15, 0.2) is 30.3 Å². The third-order valence-corrected chi connectivity index (χ3v) is 3.67. The Kier molecular flexibility index (Phi) is 14.3. The molecule has 0 unspecified atom stereocenters. The van der Waals surface area contributed by atoms with E-state index < -0.39 is 11.9 Å². The largest absolute Gasteiger partial charge is 0.462 e. The summed E-state index contributed by atoms with van der Waals surface area (Å²) in [6.07, 6.45) is 0. The number of carbonyl (C=O) groups excluding carboxylic acids is 2. The van der Waals surface area contributed by atoms with Crippen LogP contribution in [0.4, 0.5) is 5.69 Å². The minimum absolute atomic E-state index is 0.116. The number of benzene rings is 1. The van der Waals surface area contributed by atoms with Crippen molar-refractivity contribution in [2.24, 2.45) is 0 Å². The molecule has 9 heteroatoms. The van der Waals surface area contributed by atoms with Gasteiger partial charge in [0.25, 0.3) is 0 Å². The van der Waals surface area contributed by atoms with Crippen molar-refractivity contribution in [3.8, 4) is 0 Å². The number of anilines is 1. The van der Waals surface area contributed by atoms with Gasteiger partial charge in [0.05, 0.1) is 39.5 Å². The first-order valence-corrected chi connectivity index (χ1v) is 9.42. The second kappa shape index (κ2) is 16.7. The number of nitrogens with zero attached hydrogens (tertiary/aromatic N) is 1. The molecule has 1 aromatic rings. The molecule has 0 bridgehead atoms. The Morgan fingerprint density at radius 1 is 0.724 bits per heavy atom. The Balaban J connectivity index is 2.34. The summed E-state index contributed by atoms with van der Waals surface area (Å²) < 4.78 is 30.3. The van der Waals surface area contributed by atoms with Crippen LogP contribution in [0.3, 0.4) is 0 Å². The van der Waals surface area contributed by atoms with Crippen LogP contribution < -0.4 is 4.90 Å². The van der Waals surface area contributed by atoms with Crippen molar-refractivity contribution < 1.29 is 38.0 Å². The topological polar surface area (TPSA) is 92.8 Å². The van der Waals surface area contributed by atoms with Gasteiger partial charge >= 0.3 is 11.9 Å². The van der Waals surface area contributed by atoms with Crippen molar-refractivity contribution in [1.82, 2.24) is 0 Å². The average molecular weight is 413 g/mol. The van der Waals surface area contributed by atoms with Crippen LogP contribution in [0.2, 0.25) is 0 Å². The van der Waals surface area contributed by atoms with Crippen LogP contribution in [0.25, 0.3) is 0 Å². The summed E-state index contributed by atoms with van der Waals surface area (Å²) in [6.45, 7) is 2.57. The molecular formula is C20H31NO8. The molecule has 0 saturated heterocycles. The molecule has 0 heterocycles. The lowest BCUT2D eigenvalue weighted by atomic mass is 10.3. The smallest absolute Gasteiger partial charge is 0.332 e. The van der Waals surface area contributed by atoms with Gasteiger partial charge in [-0.05, 0) is 12.1 Å². The summed E-state index contributed by atoms with van der Waals surface area (Å²) in [4.78, 5) is 25.3. The first-order chi connectivity index (χ1) is 14.2. The standard InChI is InChI=1S/C20H31NO8/c1-24-12-14-26-16-19(22)28-10-8-21(18-6-4-3-5-7-18)9-11-29-20(23)17-27-15-13-25-2/h3-7H,8-17H2,1-2H3. The Labute approximate surface area is 171 Å². The Morgan fingerprint density at radius 2 is 1.21 bits per heavy atom. The first-order valence-electron chi connectivity index (χ1n) is 9.42. The zero-order valence-electron chi connectivity index (χ0n) is 17.2. The SMILES string of the molecule is COCCOCC(=O)OCCN(CCOC(=O)COCCOC)c1ccccc1. The van der Waals surface area contributed by atoms with Crippen molar-refractivity contribution in [2.75, 3.05) is 85.1 Å². The van der Waals surface area contributed by atoms with Crippen LogP contribution in [0.1, 0.15) is 0 Å². The minimum atomic E-state index is -0.436. The highest BCUT2D eigenvalue weighted by Gasteiger charge is 2.10. The predicted molar refractivity (Wildman–Crippen MR) is 106 cm³/mol. The number of carbonyl (C=O) groups is 2. The number of ether oxygens (including phenoxy) is 6. The zero-order chi connectivity index (χ0) is 21.2. The molecule has 0 aliphatic carbocycles. The molecule has 164 valence electrons. The molecule has 0 aromatic heterocycles. The van der Waals surface area contributed by atoms with E-state index in [1.165, 1.54) is 0 Å².